The fourth-order valence-corrected chi connectivity index (χ4v) is 1.99. The molecule has 2 aromatic carbocycles. The van der Waals surface area contributed by atoms with Gasteiger partial charge in [0.25, 0.3) is 0 Å². The van der Waals surface area contributed by atoms with Gasteiger partial charge in [-0.15, -0.1) is 0 Å². The molecule has 0 atom stereocenters. The topological polar surface area (TPSA) is 29.1 Å². The van der Waals surface area contributed by atoms with Crippen LogP contribution in [0.3, 0.4) is 0 Å². The maximum atomic E-state index is 11.7. The molecule has 20 heavy (non-hydrogen) atoms. The van der Waals surface area contributed by atoms with Gasteiger partial charge in [0.15, 0.2) is 0 Å². The van der Waals surface area contributed by atoms with E-state index < -0.39 is 0 Å². The zero-order chi connectivity index (χ0) is 14.4. The lowest BCUT2D eigenvalue weighted by Crippen LogP contribution is -2.20. The Labute approximate surface area is 131 Å². The van der Waals surface area contributed by atoms with E-state index in [1.54, 1.807) is 18.2 Å². The number of hydrogen-bond donors (Lipinski definition) is 1. The summed E-state index contributed by atoms with van der Waals surface area (Å²) in [6, 6.07) is 15.1. The maximum Gasteiger partial charge on any atom is 0.244 e. The van der Waals surface area contributed by atoms with Crippen LogP contribution in [0.5, 0.6) is 0 Å². The third-order valence-electron chi connectivity index (χ3n) is 2.68. The minimum Gasteiger partial charge on any atom is -0.348 e. The first kappa shape index (κ1) is 14.8. The molecule has 0 heterocycles. The van der Waals surface area contributed by atoms with E-state index in [1.165, 1.54) is 6.08 Å². The predicted molar refractivity (Wildman–Crippen MR) is 86.5 cm³/mol. The molecule has 0 aliphatic rings. The monoisotopic (exact) mass is 349 g/mol. The van der Waals surface area contributed by atoms with Crippen molar-refractivity contribution >= 4 is 39.5 Å². The molecular weight excluding hydrogens is 338 g/mol. The lowest BCUT2D eigenvalue weighted by atomic mass is 10.2. The van der Waals surface area contributed by atoms with Crippen molar-refractivity contribution in [3.8, 4) is 0 Å². The number of rotatable bonds is 4. The van der Waals surface area contributed by atoms with E-state index in [0.717, 1.165) is 15.6 Å². The van der Waals surface area contributed by atoms with Crippen molar-refractivity contribution in [3.05, 3.63) is 75.2 Å². The molecule has 0 aliphatic heterocycles. The van der Waals surface area contributed by atoms with Crippen molar-refractivity contribution in [3.63, 3.8) is 0 Å². The highest BCUT2D eigenvalue weighted by Gasteiger charge is 1.97. The van der Waals surface area contributed by atoms with Crippen LogP contribution >= 0.6 is 27.5 Å². The Bertz CT molecular complexity index is 605. The predicted octanol–water partition coefficient (Wildman–Crippen LogP) is 4.43. The molecule has 0 spiro atoms. The summed E-state index contributed by atoms with van der Waals surface area (Å²) in [5, 5.41) is 3.51. The second-order valence-corrected chi connectivity index (χ2v) is 5.58. The highest BCUT2D eigenvalue weighted by atomic mass is 79.9. The number of carbonyl (C=O) groups excluding carboxylic acids is 1. The zero-order valence-electron chi connectivity index (χ0n) is 10.6. The molecule has 0 saturated carbocycles. The Morgan fingerprint density at radius 2 is 1.75 bits per heavy atom. The first-order chi connectivity index (χ1) is 9.63. The van der Waals surface area contributed by atoms with Gasteiger partial charge in [0.05, 0.1) is 0 Å². The molecule has 0 fully saturated rings. The quantitative estimate of drug-likeness (QED) is 0.812. The van der Waals surface area contributed by atoms with Gasteiger partial charge in [-0.2, -0.15) is 0 Å². The van der Waals surface area contributed by atoms with E-state index in [-0.39, 0.29) is 5.91 Å². The van der Waals surface area contributed by atoms with Crippen molar-refractivity contribution < 1.29 is 4.79 Å². The summed E-state index contributed by atoms with van der Waals surface area (Å²) in [6.45, 7) is 0.487. The Balaban J connectivity index is 1.86. The Kier molecular flexibility index (Phi) is 5.39. The van der Waals surface area contributed by atoms with Crippen LogP contribution < -0.4 is 5.32 Å². The van der Waals surface area contributed by atoms with E-state index in [0.29, 0.717) is 11.6 Å². The van der Waals surface area contributed by atoms with Crippen LogP contribution in [0.15, 0.2) is 59.1 Å². The Hall–Kier alpha value is -1.58. The summed E-state index contributed by atoms with van der Waals surface area (Å²) < 4.78 is 1.02. The molecule has 4 heteroatoms. The van der Waals surface area contributed by atoms with Crippen LogP contribution in [-0.4, -0.2) is 5.91 Å². The SMILES string of the molecule is O=C(/C=C/c1ccc(Br)cc1)NCc1ccc(Cl)cc1. The van der Waals surface area contributed by atoms with Crippen LogP contribution in [0, 0.1) is 0 Å². The normalized spacial score (nSPS) is 10.7. The molecule has 0 saturated heterocycles. The molecule has 1 N–H and O–H groups in total. The highest BCUT2D eigenvalue weighted by molar-refractivity contribution is 9.10. The first-order valence-corrected chi connectivity index (χ1v) is 7.26. The van der Waals surface area contributed by atoms with E-state index in [2.05, 4.69) is 21.2 Å². The average Bonchev–Trinajstić information content (AvgIpc) is 2.46. The molecule has 0 bridgehead atoms. The van der Waals surface area contributed by atoms with E-state index in [4.69, 9.17) is 11.6 Å². The van der Waals surface area contributed by atoms with Gasteiger partial charge in [0, 0.05) is 22.1 Å². The number of amides is 1. The smallest absolute Gasteiger partial charge is 0.244 e. The third kappa shape index (κ3) is 4.83. The minimum atomic E-state index is -0.122. The number of benzene rings is 2. The first-order valence-electron chi connectivity index (χ1n) is 6.09. The highest BCUT2D eigenvalue weighted by Crippen LogP contribution is 2.11. The summed E-state index contributed by atoms with van der Waals surface area (Å²) in [5.41, 5.74) is 2.00. The van der Waals surface area contributed by atoms with Gasteiger partial charge in [-0.3, -0.25) is 4.79 Å². The summed E-state index contributed by atoms with van der Waals surface area (Å²) >= 11 is 9.17. The summed E-state index contributed by atoms with van der Waals surface area (Å²) in [5.74, 6) is -0.122. The van der Waals surface area contributed by atoms with E-state index >= 15 is 0 Å². The molecule has 0 aliphatic carbocycles. The van der Waals surface area contributed by atoms with Gasteiger partial charge >= 0.3 is 0 Å². The van der Waals surface area contributed by atoms with Gasteiger partial charge in [0.2, 0.25) is 5.91 Å². The Morgan fingerprint density at radius 1 is 1.10 bits per heavy atom. The standard InChI is InChI=1S/C16H13BrClNO/c17-14-6-1-12(2-7-14)5-10-16(20)19-11-13-3-8-15(18)9-4-13/h1-10H,11H2,(H,19,20)/b10-5+. The molecule has 102 valence electrons. The molecule has 2 rings (SSSR count). The molecule has 0 unspecified atom stereocenters. The van der Waals surface area contributed by atoms with E-state index in [9.17, 15) is 4.79 Å². The molecular formula is C16H13BrClNO. The van der Waals surface area contributed by atoms with Crippen molar-refractivity contribution in [2.24, 2.45) is 0 Å². The van der Waals surface area contributed by atoms with Crippen molar-refractivity contribution in [2.45, 2.75) is 6.54 Å². The van der Waals surface area contributed by atoms with Gasteiger partial charge in [-0.05, 0) is 41.5 Å². The lowest BCUT2D eigenvalue weighted by Gasteiger charge is -2.02. The van der Waals surface area contributed by atoms with Crippen molar-refractivity contribution in [1.29, 1.82) is 0 Å². The van der Waals surface area contributed by atoms with Crippen molar-refractivity contribution in [1.82, 2.24) is 5.32 Å². The van der Waals surface area contributed by atoms with Crippen LogP contribution in [0.4, 0.5) is 0 Å². The van der Waals surface area contributed by atoms with Gasteiger partial charge in [-0.25, -0.2) is 0 Å². The van der Waals surface area contributed by atoms with Crippen LogP contribution in [0.25, 0.3) is 6.08 Å². The molecule has 0 aromatic heterocycles. The molecule has 2 aromatic rings. The fourth-order valence-electron chi connectivity index (χ4n) is 1.60. The summed E-state index contributed by atoms with van der Waals surface area (Å²) in [6.07, 6.45) is 3.31. The summed E-state index contributed by atoms with van der Waals surface area (Å²) in [4.78, 5) is 11.7. The second kappa shape index (κ2) is 7.27. The second-order valence-electron chi connectivity index (χ2n) is 4.23. The van der Waals surface area contributed by atoms with E-state index in [1.807, 2.05) is 36.4 Å². The van der Waals surface area contributed by atoms with Gasteiger partial charge < -0.3 is 5.32 Å². The lowest BCUT2D eigenvalue weighted by molar-refractivity contribution is -0.116. The fraction of sp³-hybridized carbons (Fsp3) is 0.0625. The van der Waals surface area contributed by atoms with Gasteiger partial charge in [0.1, 0.15) is 0 Å². The van der Waals surface area contributed by atoms with Crippen LogP contribution in [0.2, 0.25) is 5.02 Å². The number of hydrogen-bond acceptors (Lipinski definition) is 1. The van der Waals surface area contributed by atoms with Crippen molar-refractivity contribution in [2.75, 3.05) is 0 Å². The van der Waals surface area contributed by atoms with Gasteiger partial charge in [-0.1, -0.05) is 51.8 Å². The zero-order valence-corrected chi connectivity index (χ0v) is 13.0. The molecule has 2 nitrogen and oxygen atoms in total. The number of nitrogens with one attached hydrogen (secondary N) is 1. The van der Waals surface area contributed by atoms with Crippen LogP contribution in [-0.2, 0) is 11.3 Å². The van der Waals surface area contributed by atoms with Crippen LogP contribution in [0.1, 0.15) is 11.1 Å². The summed E-state index contributed by atoms with van der Waals surface area (Å²) in [7, 11) is 0. The number of halogens is 2. The average molecular weight is 351 g/mol. The Morgan fingerprint density at radius 3 is 2.40 bits per heavy atom. The third-order valence-corrected chi connectivity index (χ3v) is 3.46. The maximum absolute atomic E-state index is 11.7. The molecule has 1 amide bonds. The largest absolute Gasteiger partial charge is 0.348 e. The number of carbonyl (C=O) groups is 1. The minimum absolute atomic E-state index is 0.122. The molecule has 0 radical (unpaired) electrons.